The lowest BCUT2D eigenvalue weighted by molar-refractivity contribution is 0.0527. The van der Waals surface area contributed by atoms with Crippen LogP contribution in [0.5, 0.6) is 5.75 Å². The van der Waals surface area contributed by atoms with Crippen LogP contribution in [0.4, 0.5) is 5.82 Å². The van der Waals surface area contributed by atoms with Crippen molar-refractivity contribution >= 4 is 28.5 Å². The van der Waals surface area contributed by atoms with E-state index in [0.29, 0.717) is 17.2 Å². The first-order chi connectivity index (χ1) is 17.6. The fraction of sp³-hybridized carbons (Fsp3) is 0.107. The second-order valence-electron chi connectivity index (χ2n) is 7.89. The van der Waals surface area contributed by atoms with Gasteiger partial charge in [0.2, 0.25) is 0 Å². The normalized spacial score (nSPS) is 10.8. The molecular weight excluding hydrogens is 458 g/mol. The number of hydrogen-bond donors (Lipinski definition) is 1. The van der Waals surface area contributed by atoms with E-state index >= 15 is 0 Å². The van der Waals surface area contributed by atoms with Crippen molar-refractivity contribution in [1.29, 1.82) is 0 Å². The van der Waals surface area contributed by atoms with Gasteiger partial charge < -0.3 is 19.2 Å². The van der Waals surface area contributed by atoms with E-state index in [1.165, 1.54) is 10.9 Å². The highest BCUT2D eigenvalue weighted by Crippen LogP contribution is 2.24. The third kappa shape index (κ3) is 4.83. The smallest absolute Gasteiger partial charge is 0.343 e. The lowest BCUT2D eigenvalue weighted by atomic mass is 10.1. The van der Waals surface area contributed by atoms with Crippen LogP contribution in [-0.2, 0) is 11.3 Å². The van der Waals surface area contributed by atoms with Crippen LogP contribution in [0.2, 0.25) is 0 Å². The molecule has 0 saturated carbocycles. The van der Waals surface area contributed by atoms with Crippen LogP contribution in [-0.4, -0.2) is 28.3 Å². The number of furan rings is 1. The maximum atomic E-state index is 13.0. The minimum atomic E-state index is -0.584. The first-order valence-electron chi connectivity index (χ1n) is 11.4. The number of carbonyl (C=O) groups excluding carboxylic acids is 2. The standard InChI is InChI=1S/C28H23N3O5/c1-2-34-28(33)24-17-29-31(21-10-4-3-5-11-21)26(24)30-27(32)25-15-14-23(36-25)18-35-22-13-12-19-8-6-7-9-20(19)16-22/h3-17H,2,18H2,1H3,(H,30,32). The molecule has 5 aromatic rings. The monoisotopic (exact) mass is 481 g/mol. The maximum Gasteiger partial charge on any atom is 0.343 e. The summed E-state index contributed by atoms with van der Waals surface area (Å²) in [6, 6.07) is 26.2. The Morgan fingerprint density at radius 1 is 0.944 bits per heavy atom. The highest BCUT2D eigenvalue weighted by molar-refractivity contribution is 6.06. The molecule has 0 unspecified atom stereocenters. The zero-order valence-electron chi connectivity index (χ0n) is 19.5. The molecular formula is C28H23N3O5. The predicted octanol–water partition coefficient (Wildman–Crippen LogP) is 5.63. The van der Waals surface area contributed by atoms with Crippen LogP contribution < -0.4 is 10.1 Å². The van der Waals surface area contributed by atoms with Crippen molar-refractivity contribution in [1.82, 2.24) is 9.78 Å². The summed E-state index contributed by atoms with van der Waals surface area (Å²) in [6.45, 7) is 2.06. The maximum absolute atomic E-state index is 13.0. The van der Waals surface area contributed by atoms with Crippen LogP contribution in [0, 0.1) is 0 Å². The fourth-order valence-corrected chi connectivity index (χ4v) is 3.75. The Kier molecular flexibility index (Phi) is 6.48. The molecule has 0 atom stereocenters. The molecule has 1 N–H and O–H groups in total. The number of hydrogen-bond acceptors (Lipinski definition) is 6. The molecule has 36 heavy (non-hydrogen) atoms. The van der Waals surface area contributed by atoms with Crippen LogP contribution in [0.1, 0.15) is 33.6 Å². The molecule has 8 nitrogen and oxygen atoms in total. The number of para-hydroxylation sites is 1. The van der Waals surface area contributed by atoms with Gasteiger partial charge in [-0.25, -0.2) is 9.48 Å². The Morgan fingerprint density at radius 2 is 1.72 bits per heavy atom. The third-order valence-corrected chi connectivity index (χ3v) is 5.48. The van der Waals surface area contributed by atoms with Gasteiger partial charge in [0, 0.05) is 0 Å². The van der Waals surface area contributed by atoms with Crippen LogP contribution in [0.25, 0.3) is 16.5 Å². The number of amides is 1. The third-order valence-electron chi connectivity index (χ3n) is 5.48. The molecule has 2 aromatic heterocycles. The van der Waals surface area contributed by atoms with E-state index in [4.69, 9.17) is 13.9 Å². The average Bonchev–Trinajstić information content (AvgIpc) is 3.55. The van der Waals surface area contributed by atoms with Crippen molar-refractivity contribution in [3.05, 3.63) is 108 Å². The van der Waals surface area contributed by atoms with E-state index < -0.39 is 11.9 Å². The summed E-state index contributed by atoms with van der Waals surface area (Å²) < 4.78 is 18.2. The molecule has 0 spiro atoms. The minimum absolute atomic E-state index is 0.0720. The molecule has 1 amide bonds. The van der Waals surface area contributed by atoms with Crippen molar-refractivity contribution in [2.75, 3.05) is 11.9 Å². The van der Waals surface area contributed by atoms with Crippen LogP contribution in [0.3, 0.4) is 0 Å². The van der Waals surface area contributed by atoms with Gasteiger partial charge in [-0.15, -0.1) is 0 Å². The summed E-state index contributed by atoms with van der Waals surface area (Å²) in [5, 5.41) is 9.22. The fourth-order valence-electron chi connectivity index (χ4n) is 3.75. The zero-order chi connectivity index (χ0) is 24.9. The van der Waals surface area contributed by atoms with Crippen LogP contribution in [0.15, 0.2) is 95.5 Å². The van der Waals surface area contributed by atoms with Crippen molar-refractivity contribution in [3.63, 3.8) is 0 Å². The molecule has 3 aromatic carbocycles. The van der Waals surface area contributed by atoms with E-state index in [2.05, 4.69) is 10.4 Å². The molecule has 0 aliphatic rings. The second kappa shape index (κ2) is 10.2. The summed E-state index contributed by atoms with van der Waals surface area (Å²) >= 11 is 0. The van der Waals surface area contributed by atoms with E-state index in [1.54, 1.807) is 19.1 Å². The van der Waals surface area contributed by atoms with Crippen molar-refractivity contribution in [2.24, 2.45) is 0 Å². The molecule has 180 valence electrons. The van der Waals surface area contributed by atoms with E-state index in [9.17, 15) is 9.59 Å². The van der Waals surface area contributed by atoms with Gasteiger partial charge in [0.1, 0.15) is 23.7 Å². The number of ether oxygens (including phenoxy) is 2. The number of nitrogens with zero attached hydrogens (tertiary/aromatic N) is 2. The van der Waals surface area contributed by atoms with Gasteiger partial charge in [0.25, 0.3) is 5.91 Å². The number of carbonyl (C=O) groups is 2. The van der Waals surface area contributed by atoms with Gasteiger partial charge in [-0.2, -0.15) is 5.10 Å². The van der Waals surface area contributed by atoms with E-state index in [-0.39, 0.29) is 30.4 Å². The van der Waals surface area contributed by atoms with Gasteiger partial charge in [-0.1, -0.05) is 48.5 Å². The molecule has 0 aliphatic heterocycles. The van der Waals surface area contributed by atoms with Gasteiger partial charge in [-0.3, -0.25) is 4.79 Å². The summed E-state index contributed by atoms with van der Waals surface area (Å²) in [5.74, 6) is 0.323. The number of esters is 1. The van der Waals surface area contributed by atoms with Gasteiger partial charge >= 0.3 is 5.97 Å². The Balaban J connectivity index is 1.32. The number of rotatable bonds is 8. The number of fused-ring (bicyclic) bond motifs is 1. The predicted molar refractivity (Wildman–Crippen MR) is 134 cm³/mol. The average molecular weight is 482 g/mol. The largest absolute Gasteiger partial charge is 0.486 e. The summed E-state index contributed by atoms with van der Waals surface area (Å²) in [6.07, 6.45) is 1.37. The van der Waals surface area contributed by atoms with Gasteiger partial charge in [0.05, 0.1) is 18.5 Å². The molecule has 0 saturated heterocycles. The van der Waals surface area contributed by atoms with Crippen LogP contribution >= 0.6 is 0 Å². The molecule has 0 fully saturated rings. The summed E-state index contributed by atoms with van der Waals surface area (Å²) in [4.78, 5) is 25.5. The number of nitrogens with one attached hydrogen (secondary N) is 1. The molecule has 2 heterocycles. The van der Waals surface area contributed by atoms with Gasteiger partial charge in [0.15, 0.2) is 11.6 Å². The number of benzene rings is 3. The second-order valence-corrected chi connectivity index (χ2v) is 7.89. The summed E-state index contributed by atoms with van der Waals surface area (Å²) in [7, 11) is 0. The molecule has 0 radical (unpaired) electrons. The Bertz CT molecular complexity index is 1520. The van der Waals surface area contributed by atoms with E-state index in [1.807, 2.05) is 72.8 Å². The molecule has 0 aliphatic carbocycles. The lowest BCUT2D eigenvalue weighted by Crippen LogP contribution is -2.17. The first-order valence-corrected chi connectivity index (χ1v) is 11.4. The minimum Gasteiger partial charge on any atom is -0.486 e. The Hall–Kier alpha value is -4.85. The number of aromatic nitrogens is 2. The quantitative estimate of drug-likeness (QED) is 0.289. The van der Waals surface area contributed by atoms with Gasteiger partial charge in [-0.05, 0) is 54.1 Å². The molecule has 0 bridgehead atoms. The Labute approximate surface area is 207 Å². The summed E-state index contributed by atoms with van der Waals surface area (Å²) in [5.41, 5.74) is 0.813. The lowest BCUT2D eigenvalue weighted by Gasteiger charge is -2.10. The molecule has 5 rings (SSSR count). The van der Waals surface area contributed by atoms with Crippen molar-refractivity contribution < 1.29 is 23.5 Å². The topological polar surface area (TPSA) is 95.6 Å². The molecule has 8 heteroatoms. The van der Waals surface area contributed by atoms with E-state index in [0.717, 1.165) is 10.8 Å². The highest BCUT2D eigenvalue weighted by Gasteiger charge is 2.23. The Morgan fingerprint density at radius 3 is 2.53 bits per heavy atom. The highest BCUT2D eigenvalue weighted by atomic mass is 16.5. The zero-order valence-corrected chi connectivity index (χ0v) is 19.5. The SMILES string of the molecule is CCOC(=O)c1cnn(-c2ccccc2)c1NC(=O)c1ccc(COc2ccc3ccccc3c2)o1. The van der Waals surface area contributed by atoms with Crippen molar-refractivity contribution in [2.45, 2.75) is 13.5 Å². The number of anilines is 1. The van der Waals surface area contributed by atoms with Crippen molar-refractivity contribution in [3.8, 4) is 11.4 Å². The first kappa shape index (κ1) is 22.9.